The summed E-state index contributed by atoms with van der Waals surface area (Å²) in [5.41, 5.74) is 2.50. The highest BCUT2D eigenvalue weighted by Crippen LogP contribution is 2.40. The zero-order valence-corrected chi connectivity index (χ0v) is 27.4. The number of fused-ring (bicyclic) bond motifs is 1. The predicted octanol–water partition coefficient (Wildman–Crippen LogP) is 6.26. The predicted molar refractivity (Wildman–Crippen MR) is 172 cm³/mol. The lowest BCUT2D eigenvalue weighted by Gasteiger charge is -2.27. The number of aromatic nitrogens is 1. The van der Waals surface area contributed by atoms with Crippen LogP contribution in [0.3, 0.4) is 0 Å². The van der Waals surface area contributed by atoms with Crippen molar-refractivity contribution in [2.75, 3.05) is 13.7 Å². The van der Waals surface area contributed by atoms with Crippen molar-refractivity contribution in [3.63, 3.8) is 0 Å². The van der Waals surface area contributed by atoms with Crippen LogP contribution >= 0.6 is 43.2 Å². The van der Waals surface area contributed by atoms with Gasteiger partial charge in [0.05, 0.1) is 35.6 Å². The highest BCUT2D eigenvalue weighted by Gasteiger charge is 2.37. The number of hydrogen-bond donors (Lipinski definition) is 0. The van der Waals surface area contributed by atoms with E-state index < -0.39 is 12.0 Å². The summed E-state index contributed by atoms with van der Waals surface area (Å²) >= 11 is 8.35. The minimum Gasteiger partial charge on any atom is -0.496 e. The number of hydrogen-bond acceptors (Lipinski definition) is 7. The second kappa shape index (κ2) is 12.8. The molecule has 0 aliphatic carbocycles. The lowest BCUT2D eigenvalue weighted by molar-refractivity contribution is -0.138. The van der Waals surface area contributed by atoms with Gasteiger partial charge in [0.1, 0.15) is 17.5 Å². The van der Waals surface area contributed by atoms with Crippen LogP contribution in [0.2, 0.25) is 0 Å². The number of rotatable bonds is 8. The first-order valence-corrected chi connectivity index (χ1v) is 15.7. The average molecular weight is 712 g/mol. The van der Waals surface area contributed by atoms with E-state index in [0.29, 0.717) is 32.1 Å². The van der Waals surface area contributed by atoms with Gasteiger partial charge in [-0.2, -0.15) is 0 Å². The largest absolute Gasteiger partial charge is 0.496 e. The van der Waals surface area contributed by atoms with Gasteiger partial charge < -0.3 is 14.2 Å². The number of carbonyl (C=O) groups is 1. The monoisotopic (exact) mass is 710 g/mol. The van der Waals surface area contributed by atoms with Crippen LogP contribution in [0.4, 0.5) is 0 Å². The lowest BCUT2D eigenvalue weighted by atomic mass is 9.92. The molecule has 0 N–H and O–H groups in total. The molecule has 1 atom stereocenters. The second-order valence-corrected chi connectivity index (χ2v) is 12.5. The van der Waals surface area contributed by atoms with Crippen molar-refractivity contribution >= 4 is 60.9 Å². The molecule has 216 valence electrons. The third-order valence-corrected chi connectivity index (χ3v) is 8.45. The highest BCUT2D eigenvalue weighted by atomic mass is 79.9. The Hall–Kier alpha value is -3.47. The Labute approximate surface area is 264 Å². The van der Waals surface area contributed by atoms with Crippen molar-refractivity contribution in [2.24, 2.45) is 4.99 Å². The molecule has 4 aromatic rings. The Morgan fingerprint density at radius 2 is 1.74 bits per heavy atom. The SMILES string of the molecule is CCOC(=O)C1=C(c2ccccc2)N=c2s/c(=C\c3cc(Br)ccc3OC(C)C)c(=O)n2[C@H]1c1cc(Br)ccc1OC. The van der Waals surface area contributed by atoms with Crippen molar-refractivity contribution in [2.45, 2.75) is 32.9 Å². The normalized spacial score (nSPS) is 14.9. The molecule has 1 aliphatic rings. The molecule has 5 rings (SSSR count). The molecule has 1 aliphatic heterocycles. The summed E-state index contributed by atoms with van der Waals surface area (Å²) in [5, 5.41) is 0. The minimum atomic E-state index is -0.862. The van der Waals surface area contributed by atoms with Crippen LogP contribution in [-0.2, 0) is 9.53 Å². The summed E-state index contributed by atoms with van der Waals surface area (Å²) in [6.07, 6.45) is 1.75. The van der Waals surface area contributed by atoms with E-state index in [4.69, 9.17) is 19.2 Å². The number of carbonyl (C=O) groups excluding carboxylic acids is 1. The Bertz CT molecular complexity index is 1860. The van der Waals surface area contributed by atoms with Crippen molar-refractivity contribution in [3.8, 4) is 11.5 Å². The first kappa shape index (κ1) is 30.0. The summed E-state index contributed by atoms with van der Waals surface area (Å²) in [6.45, 7) is 5.82. The standard InChI is InChI=1S/C32H28Br2N2O5S/c1-5-40-31(38)27-28(19-9-7-6-8-10-19)35-32-36(29(27)23-17-22(34)12-14-25(23)39-4)30(37)26(42-32)16-20-15-21(33)11-13-24(20)41-18(2)3/h6-18,29H,5H2,1-4H3/b26-16-/t29-/m0/s1. The molecule has 0 amide bonds. The van der Waals surface area contributed by atoms with Gasteiger partial charge in [-0.25, -0.2) is 9.79 Å². The van der Waals surface area contributed by atoms with Crippen LogP contribution in [0.15, 0.2) is 91.0 Å². The molecule has 7 nitrogen and oxygen atoms in total. The topological polar surface area (TPSA) is 79.1 Å². The molecule has 0 saturated carbocycles. The molecule has 0 fully saturated rings. The summed E-state index contributed by atoms with van der Waals surface area (Å²) in [7, 11) is 1.56. The van der Waals surface area contributed by atoms with Crippen molar-refractivity contribution in [1.82, 2.24) is 4.57 Å². The quantitative estimate of drug-likeness (QED) is 0.202. The van der Waals surface area contributed by atoms with Gasteiger partial charge >= 0.3 is 5.97 Å². The Morgan fingerprint density at radius 1 is 1.05 bits per heavy atom. The number of nitrogens with zero attached hydrogens (tertiary/aromatic N) is 2. The maximum Gasteiger partial charge on any atom is 0.338 e. The van der Waals surface area contributed by atoms with E-state index in [1.54, 1.807) is 30.7 Å². The third kappa shape index (κ3) is 6.02. The number of ether oxygens (including phenoxy) is 3. The van der Waals surface area contributed by atoms with Crippen LogP contribution in [-0.4, -0.2) is 30.4 Å². The van der Waals surface area contributed by atoms with Crippen LogP contribution in [0.5, 0.6) is 11.5 Å². The van der Waals surface area contributed by atoms with Gasteiger partial charge in [0, 0.05) is 25.6 Å². The van der Waals surface area contributed by atoms with E-state index in [1.807, 2.05) is 74.5 Å². The molecule has 0 bridgehead atoms. The first-order chi connectivity index (χ1) is 20.2. The van der Waals surface area contributed by atoms with E-state index >= 15 is 0 Å². The minimum absolute atomic E-state index is 0.0518. The molecular formula is C32H28Br2N2O5S. The fourth-order valence-electron chi connectivity index (χ4n) is 4.79. The zero-order valence-electron chi connectivity index (χ0n) is 23.4. The maximum absolute atomic E-state index is 14.3. The van der Waals surface area contributed by atoms with E-state index in [0.717, 1.165) is 20.1 Å². The van der Waals surface area contributed by atoms with Crippen molar-refractivity contribution < 1.29 is 19.0 Å². The fourth-order valence-corrected chi connectivity index (χ4v) is 6.54. The zero-order chi connectivity index (χ0) is 30.0. The molecule has 0 unspecified atom stereocenters. The Balaban J connectivity index is 1.86. The van der Waals surface area contributed by atoms with Crippen molar-refractivity contribution in [1.29, 1.82) is 0 Å². The molecular weight excluding hydrogens is 684 g/mol. The molecule has 10 heteroatoms. The lowest BCUT2D eigenvalue weighted by Crippen LogP contribution is -2.40. The van der Waals surface area contributed by atoms with Crippen molar-refractivity contribution in [3.05, 3.63) is 118 Å². The van der Waals surface area contributed by atoms with Gasteiger partial charge in [-0.15, -0.1) is 0 Å². The van der Waals surface area contributed by atoms with E-state index in [9.17, 15) is 9.59 Å². The summed E-state index contributed by atoms with van der Waals surface area (Å²) in [5.74, 6) is 0.621. The molecule has 3 aromatic carbocycles. The first-order valence-electron chi connectivity index (χ1n) is 13.3. The Morgan fingerprint density at radius 3 is 2.40 bits per heavy atom. The number of benzene rings is 3. The van der Waals surface area contributed by atoms with Crippen LogP contribution < -0.4 is 24.4 Å². The molecule has 42 heavy (non-hydrogen) atoms. The smallest absolute Gasteiger partial charge is 0.338 e. The van der Waals surface area contributed by atoms with Gasteiger partial charge in [0.15, 0.2) is 4.80 Å². The Kier molecular flexibility index (Phi) is 9.15. The fraction of sp³-hybridized carbons (Fsp3) is 0.219. The molecule has 0 radical (unpaired) electrons. The van der Waals surface area contributed by atoms with Gasteiger partial charge in [-0.05, 0) is 63.2 Å². The van der Waals surface area contributed by atoms with E-state index in [2.05, 4.69) is 31.9 Å². The van der Waals surface area contributed by atoms with E-state index in [1.165, 1.54) is 11.3 Å². The number of thiazole rings is 1. The molecule has 1 aromatic heterocycles. The summed E-state index contributed by atoms with van der Waals surface area (Å²) in [4.78, 5) is 33.4. The number of methoxy groups -OCH3 is 1. The van der Waals surface area contributed by atoms with Gasteiger partial charge in [0.25, 0.3) is 5.56 Å². The summed E-state index contributed by atoms with van der Waals surface area (Å²) in [6, 6.07) is 19.8. The van der Waals surface area contributed by atoms with Crippen LogP contribution in [0.25, 0.3) is 11.8 Å². The highest BCUT2D eigenvalue weighted by molar-refractivity contribution is 9.10. The van der Waals surface area contributed by atoms with E-state index in [-0.39, 0.29) is 23.8 Å². The van der Waals surface area contributed by atoms with Gasteiger partial charge in [-0.3, -0.25) is 9.36 Å². The summed E-state index contributed by atoms with van der Waals surface area (Å²) < 4.78 is 20.9. The maximum atomic E-state index is 14.3. The number of halogens is 2. The van der Waals surface area contributed by atoms with Crippen LogP contribution in [0, 0.1) is 0 Å². The molecule has 0 spiro atoms. The molecule has 0 saturated heterocycles. The second-order valence-electron chi connectivity index (χ2n) is 9.67. The van der Waals surface area contributed by atoms with Crippen LogP contribution in [0.1, 0.15) is 43.5 Å². The third-order valence-electron chi connectivity index (χ3n) is 6.48. The average Bonchev–Trinajstić information content (AvgIpc) is 3.28. The number of esters is 1. The van der Waals surface area contributed by atoms with Gasteiger partial charge in [-0.1, -0.05) is 73.5 Å². The van der Waals surface area contributed by atoms with Gasteiger partial charge in [0.2, 0.25) is 0 Å². The molecule has 2 heterocycles.